The molecule has 0 unspecified atom stereocenters. The Kier molecular flexibility index (Phi) is 9.30. The van der Waals surface area contributed by atoms with Crippen LogP contribution in [0.15, 0.2) is 11.6 Å². The predicted octanol–water partition coefficient (Wildman–Crippen LogP) is 3.45. The predicted molar refractivity (Wildman–Crippen MR) is 185 cm³/mol. The van der Waals surface area contributed by atoms with Gasteiger partial charge in [-0.25, -0.2) is 0 Å². The highest BCUT2D eigenvalue weighted by Gasteiger charge is 2.73. The quantitative estimate of drug-likeness (QED) is 0.185. The van der Waals surface area contributed by atoms with Crippen molar-refractivity contribution < 1.29 is 54.4 Å². The summed E-state index contributed by atoms with van der Waals surface area (Å²) in [5.41, 5.74) is -2.31. The molecule has 0 spiro atoms. The van der Waals surface area contributed by atoms with Crippen molar-refractivity contribution in [1.29, 1.82) is 0 Å². The topological polar surface area (TPSA) is 175 Å². The van der Waals surface area contributed by atoms with E-state index < -0.39 is 66.3 Å². The maximum atomic E-state index is 14.6. The van der Waals surface area contributed by atoms with E-state index in [4.69, 9.17) is 18.9 Å². The molecule has 51 heavy (non-hydrogen) atoms. The van der Waals surface area contributed by atoms with Crippen molar-refractivity contribution in [2.75, 3.05) is 13.2 Å². The molecule has 0 aromatic heterocycles. The Bertz CT molecular complexity index is 1400. The molecule has 18 atom stereocenters. The first-order valence-electron chi connectivity index (χ1n) is 19.6. The lowest BCUT2D eigenvalue weighted by Gasteiger charge is -2.72. The molecule has 5 aliphatic carbocycles. The molecule has 0 radical (unpaired) electrons. The van der Waals surface area contributed by atoms with E-state index in [-0.39, 0.29) is 57.7 Å². The van der Waals surface area contributed by atoms with E-state index in [2.05, 4.69) is 47.6 Å². The number of aliphatic hydroxyl groups excluding tert-OH is 5. The molecule has 2 saturated heterocycles. The fourth-order valence-electron chi connectivity index (χ4n) is 13.4. The van der Waals surface area contributed by atoms with E-state index >= 15 is 0 Å². The minimum absolute atomic E-state index is 0.0935. The van der Waals surface area contributed by atoms with E-state index in [9.17, 15) is 35.4 Å². The SMILES string of the molecule is CC(C)[C@@H]1OC[C@@]2(C)[C@@H]3CC[C@]4(C)[C@H](CC=C5[C@H]6[C@](C(=O)O[C@@H]7O[C@H](CO)[C@@H](O)[C@H](O)[C@H]7O)(CC[C@@H](C)[C@@]6(C)O)CC[C@]54C)[C@]3(C)C[C@@H](O)[C@@H]2O1. The number of carbonyl (C=O) groups is 1. The average molecular weight is 721 g/mol. The number of hydrogen-bond donors (Lipinski definition) is 6. The molecule has 2 heterocycles. The van der Waals surface area contributed by atoms with Crippen LogP contribution in [0.4, 0.5) is 0 Å². The first-order chi connectivity index (χ1) is 23.7. The highest BCUT2D eigenvalue weighted by atomic mass is 16.7. The molecule has 0 aromatic rings. The fourth-order valence-corrected chi connectivity index (χ4v) is 13.4. The number of hydrogen-bond acceptors (Lipinski definition) is 11. The van der Waals surface area contributed by atoms with Crippen molar-refractivity contribution in [3.63, 3.8) is 0 Å². The Morgan fingerprint density at radius 3 is 2.29 bits per heavy atom. The third-order valence-electron chi connectivity index (χ3n) is 16.6. The van der Waals surface area contributed by atoms with Crippen LogP contribution in [0.1, 0.15) is 107 Å². The van der Waals surface area contributed by atoms with Gasteiger partial charge < -0.3 is 49.6 Å². The third-order valence-corrected chi connectivity index (χ3v) is 16.6. The monoisotopic (exact) mass is 720 g/mol. The van der Waals surface area contributed by atoms with Gasteiger partial charge in [-0.15, -0.1) is 0 Å². The van der Waals surface area contributed by atoms with E-state index in [0.29, 0.717) is 38.7 Å². The molecule has 7 rings (SSSR count). The summed E-state index contributed by atoms with van der Waals surface area (Å²) in [6.07, 6.45) is -1.02. The number of fused-ring (bicyclic) bond motifs is 9. The summed E-state index contributed by atoms with van der Waals surface area (Å²) in [7, 11) is 0. The molecule has 0 amide bonds. The molecular formula is C40H64O11. The normalized spacial score (nSPS) is 56.8. The van der Waals surface area contributed by atoms with E-state index in [1.807, 2.05) is 13.8 Å². The van der Waals surface area contributed by atoms with Crippen molar-refractivity contribution in [3.05, 3.63) is 11.6 Å². The first kappa shape index (κ1) is 38.1. The van der Waals surface area contributed by atoms with Gasteiger partial charge in [0.25, 0.3) is 0 Å². The van der Waals surface area contributed by atoms with Crippen LogP contribution in [0.5, 0.6) is 0 Å². The van der Waals surface area contributed by atoms with Crippen molar-refractivity contribution in [3.8, 4) is 0 Å². The average Bonchev–Trinajstić information content (AvgIpc) is 3.06. The van der Waals surface area contributed by atoms with Gasteiger partial charge in [0.05, 0.1) is 36.4 Å². The number of carbonyl (C=O) groups excluding carboxylic acids is 1. The number of ether oxygens (including phenoxy) is 4. The van der Waals surface area contributed by atoms with Gasteiger partial charge in [0.15, 0.2) is 6.29 Å². The Labute approximate surface area is 303 Å². The molecular weight excluding hydrogens is 656 g/mol. The summed E-state index contributed by atoms with van der Waals surface area (Å²) >= 11 is 0. The third kappa shape index (κ3) is 5.11. The molecule has 2 aliphatic heterocycles. The van der Waals surface area contributed by atoms with Crippen molar-refractivity contribution in [1.82, 2.24) is 0 Å². The maximum absolute atomic E-state index is 14.6. The standard InChI is InChI=1S/C40H64O11/c1-20(2)32-48-19-36(5)25-12-13-38(7)26(35(25,4)17-23(42)31(36)50-32)10-9-22-30-39(8,47)21(3)11-14-40(30,16-15-37(22,38)6)34(46)51-33-29(45)28(44)27(43)24(18-41)49-33/h9,20-21,23-33,41-45,47H,10-19H2,1-8H3/t21-,23-,24-,25-,26-,27-,28+,29-,30-,31+,32-,33+,35-,36+,37-,38-,39-,40+/m1/s1. The van der Waals surface area contributed by atoms with Gasteiger partial charge in [-0.2, -0.15) is 0 Å². The van der Waals surface area contributed by atoms with Crippen LogP contribution in [-0.4, -0.2) is 105 Å². The van der Waals surface area contributed by atoms with Crippen LogP contribution in [0.25, 0.3) is 0 Å². The van der Waals surface area contributed by atoms with Crippen molar-refractivity contribution in [2.24, 2.45) is 56.7 Å². The number of aliphatic hydroxyl groups is 6. The van der Waals surface area contributed by atoms with Crippen LogP contribution in [0.3, 0.4) is 0 Å². The van der Waals surface area contributed by atoms with Crippen molar-refractivity contribution in [2.45, 2.75) is 162 Å². The molecule has 4 saturated carbocycles. The van der Waals surface area contributed by atoms with Gasteiger partial charge in [-0.3, -0.25) is 4.79 Å². The van der Waals surface area contributed by atoms with Crippen LogP contribution in [0, 0.1) is 56.7 Å². The van der Waals surface area contributed by atoms with E-state index in [1.54, 1.807) is 0 Å². The van der Waals surface area contributed by atoms with E-state index in [1.165, 1.54) is 0 Å². The second-order valence-electron chi connectivity index (χ2n) is 19.4. The fraction of sp³-hybridized carbons (Fsp3) is 0.925. The Hall–Kier alpha value is -1.15. The zero-order valence-corrected chi connectivity index (χ0v) is 31.9. The number of rotatable bonds is 4. The Morgan fingerprint density at radius 2 is 1.63 bits per heavy atom. The molecule has 7 aliphatic rings. The molecule has 11 nitrogen and oxygen atoms in total. The Balaban J connectivity index is 1.24. The number of allylic oxidation sites excluding steroid dienone is 1. The second-order valence-corrected chi connectivity index (χ2v) is 19.4. The van der Waals surface area contributed by atoms with Gasteiger partial charge in [-0.1, -0.05) is 60.1 Å². The lowest BCUT2D eigenvalue weighted by molar-refractivity contribution is -0.344. The molecule has 0 bridgehead atoms. The minimum atomic E-state index is -1.70. The molecule has 290 valence electrons. The molecule has 11 heteroatoms. The van der Waals surface area contributed by atoms with Crippen LogP contribution in [-0.2, 0) is 23.7 Å². The maximum Gasteiger partial charge on any atom is 0.315 e. The van der Waals surface area contributed by atoms with Crippen LogP contribution < -0.4 is 0 Å². The van der Waals surface area contributed by atoms with Crippen LogP contribution >= 0.6 is 0 Å². The summed E-state index contributed by atoms with van der Waals surface area (Å²) in [5.74, 6) is -0.519. The smallest absolute Gasteiger partial charge is 0.315 e. The van der Waals surface area contributed by atoms with E-state index in [0.717, 1.165) is 24.8 Å². The molecule has 6 fully saturated rings. The summed E-state index contributed by atoms with van der Waals surface area (Å²) < 4.78 is 24.4. The largest absolute Gasteiger partial charge is 0.432 e. The Morgan fingerprint density at radius 1 is 0.922 bits per heavy atom. The second kappa shape index (κ2) is 12.4. The van der Waals surface area contributed by atoms with Crippen molar-refractivity contribution >= 4 is 5.97 Å². The van der Waals surface area contributed by atoms with Crippen LogP contribution in [0.2, 0.25) is 0 Å². The first-order valence-corrected chi connectivity index (χ1v) is 19.6. The molecule has 6 N–H and O–H groups in total. The van der Waals surface area contributed by atoms with Gasteiger partial charge in [0, 0.05) is 17.3 Å². The summed E-state index contributed by atoms with van der Waals surface area (Å²) in [4.78, 5) is 14.6. The zero-order valence-electron chi connectivity index (χ0n) is 31.9. The lowest BCUT2D eigenvalue weighted by atomic mass is 9.33. The summed E-state index contributed by atoms with van der Waals surface area (Å²) in [6.45, 7) is 17.4. The molecule has 0 aromatic carbocycles. The highest BCUT2D eigenvalue weighted by Crippen LogP contribution is 2.76. The van der Waals surface area contributed by atoms with Gasteiger partial charge in [0.1, 0.15) is 24.4 Å². The summed E-state index contributed by atoms with van der Waals surface area (Å²) in [5, 5.41) is 65.6. The highest BCUT2D eigenvalue weighted by molar-refractivity contribution is 5.79. The zero-order chi connectivity index (χ0) is 37.3. The van der Waals surface area contributed by atoms with Gasteiger partial charge in [-0.05, 0) is 92.3 Å². The van der Waals surface area contributed by atoms with Gasteiger partial charge >= 0.3 is 5.97 Å². The van der Waals surface area contributed by atoms with Gasteiger partial charge in [0.2, 0.25) is 6.29 Å². The minimum Gasteiger partial charge on any atom is -0.432 e. The number of esters is 1. The lowest BCUT2D eigenvalue weighted by Crippen LogP contribution is -2.71. The summed E-state index contributed by atoms with van der Waals surface area (Å²) in [6, 6.07) is 0.